The van der Waals surface area contributed by atoms with Crippen molar-refractivity contribution in [3.63, 3.8) is 0 Å². The van der Waals surface area contributed by atoms with Gasteiger partial charge in [0.2, 0.25) is 0 Å². The van der Waals surface area contributed by atoms with Crippen molar-refractivity contribution in [3.8, 4) is 0 Å². The summed E-state index contributed by atoms with van der Waals surface area (Å²) >= 11 is 0. The van der Waals surface area contributed by atoms with Crippen LogP contribution in [0.2, 0.25) is 0 Å². The average molecular weight is 410 g/mol. The molecule has 0 aromatic carbocycles. The number of nitrogens with zero attached hydrogens (tertiary/aromatic N) is 6. The summed E-state index contributed by atoms with van der Waals surface area (Å²) in [6.45, 7) is 3.31. The minimum absolute atomic E-state index is 0.0716. The van der Waals surface area contributed by atoms with Gasteiger partial charge in [0.1, 0.15) is 29.8 Å². The summed E-state index contributed by atoms with van der Waals surface area (Å²) < 4.78 is 0. The molecule has 3 aromatic heterocycles. The number of anilines is 2. The molecule has 1 aliphatic heterocycles. The molecule has 4 rings (SSSR count). The molecule has 30 heavy (non-hydrogen) atoms. The molecule has 156 valence electrons. The van der Waals surface area contributed by atoms with Gasteiger partial charge in [0.05, 0.1) is 16.4 Å². The first kappa shape index (κ1) is 19.6. The number of hydrogen-bond donors (Lipinski definition) is 2. The van der Waals surface area contributed by atoms with Crippen LogP contribution < -0.4 is 10.2 Å². The quantitative estimate of drug-likeness (QED) is 0.499. The van der Waals surface area contributed by atoms with Gasteiger partial charge < -0.3 is 14.8 Å². The number of H-pyrrole nitrogens is 1. The lowest BCUT2D eigenvalue weighted by Crippen LogP contribution is -2.53. The number of piperidine rings is 1. The Balaban J connectivity index is 1.48. The summed E-state index contributed by atoms with van der Waals surface area (Å²) in [6, 6.07) is 4.47. The summed E-state index contributed by atoms with van der Waals surface area (Å²) in [5.74, 6) is 1.46. The molecule has 2 unspecified atom stereocenters. The Morgan fingerprint density at radius 2 is 2.17 bits per heavy atom. The third kappa shape index (κ3) is 3.73. The Hall–Kier alpha value is -3.76. The van der Waals surface area contributed by atoms with Crippen LogP contribution in [0.5, 0.6) is 0 Å². The van der Waals surface area contributed by atoms with Crippen molar-refractivity contribution in [2.45, 2.75) is 19.4 Å². The number of urea groups is 1. The molecule has 2 amide bonds. The zero-order valence-electron chi connectivity index (χ0n) is 16.6. The first-order valence-electron chi connectivity index (χ1n) is 9.61. The van der Waals surface area contributed by atoms with Crippen molar-refractivity contribution in [1.29, 1.82) is 0 Å². The second-order valence-electron chi connectivity index (χ2n) is 7.42. The van der Waals surface area contributed by atoms with Crippen molar-refractivity contribution in [2.24, 2.45) is 5.92 Å². The van der Waals surface area contributed by atoms with Gasteiger partial charge in [-0.15, -0.1) is 0 Å². The number of aromatic nitrogens is 4. The maximum Gasteiger partial charge on any atom is 0.323 e. The van der Waals surface area contributed by atoms with E-state index < -0.39 is 4.92 Å². The molecule has 2 atom stereocenters. The average Bonchev–Trinajstić information content (AvgIpc) is 3.23. The summed E-state index contributed by atoms with van der Waals surface area (Å²) in [6.07, 6.45) is 5.33. The molecular weight excluding hydrogens is 388 g/mol. The normalized spacial score (nSPS) is 18.9. The van der Waals surface area contributed by atoms with Crippen LogP contribution >= 0.6 is 0 Å². The molecule has 11 nitrogen and oxygen atoms in total. The van der Waals surface area contributed by atoms with Crippen molar-refractivity contribution in [3.05, 3.63) is 47.0 Å². The van der Waals surface area contributed by atoms with Crippen LogP contribution in [0, 0.1) is 16.0 Å². The van der Waals surface area contributed by atoms with E-state index in [9.17, 15) is 14.9 Å². The molecular formula is C19H22N8O3. The predicted molar refractivity (Wildman–Crippen MR) is 111 cm³/mol. The highest BCUT2D eigenvalue weighted by Gasteiger charge is 2.33. The van der Waals surface area contributed by atoms with Crippen molar-refractivity contribution >= 4 is 34.4 Å². The molecule has 0 aliphatic carbocycles. The molecule has 0 spiro atoms. The second-order valence-corrected chi connectivity index (χ2v) is 7.42. The zero-order chi connectivity index (χ0) is 21.3. The number of pyridine rings is 1. The lowest BCUT2D eigenvalue weighted by molar-refractivity contribution is -0.385. The first-order valence-corrected chi connectivity index (χ1v) is 9.61. The molecule has 1 aliphatic rings. The maximum absolute atomic E-state index is 12.8. The van der Waals surface area contributed by atoms with Crippen LogP contribution in [0.4, 0.5) is 22.1 Å². The van der Waals surface area contributed by atoms with Crippen LogP contribution in [0.3, 0.4) is 0 Å². The standard InChI is InChI=1S/C19H22N8O3/c1-12-6-8-26(19(28)24-16-4-3-13(9-21-16)27(29)30)10-15(12)25(2)18-14-5-7-20-17(14)22-11-23-18/h3-5,7,9,11-12,15H,6,8,10H2,1-2H3,(H,20,22,23)(H,21,24,28). The van der Waals surface area contributed by atoms with E-state index in [1.807, 2.05) is 19.3 Å². The number of nitrogens with one attached hydrogen (secondary N) is 2. The van der Waals surface area contributed by atoms with Gasteiger partial charge in [-0.05, 0) is 24.5 Å². The van der Waals surface area contributed by atoms with Gasteiger partial charge in [-0.2, -0.15) is 0 Å². The van der Waals surface area contributed by atoms with E-state index >= 15 is 0 Å². The summed E-state index contributed by atoms with van der Waals surface area (Å²) in [5, 5.41) is 14.4. The Kier molecular flexibility index (Phi) is 5.17. The molecule has 1 fully saturated rings. The van der Waals surface area contributed by atoms with E-state index in [1.165, 1.54) is 18.5 Å². The Morgan fingerprint density at radius 1 is 1.33 bits per heavy atom. The molecule has 0 saturated carbocycles. The summed E-state index contributed by atoms with van der Waals surface area (Å²) in [4.78, 5) is 42.6. The number of aromatic amines is 1. The molecule has 0 bridgehead atoms. The van der Waals surface area contributed by atoms with Crippen LogP contribution in [-0.4, -0.2) is 62.0 Å². The minimum Gasteiger partial charge on any atom is -0.354 e. The predicted octanol–water partition coefficient (Wildman–Crippen LogP) is 2.64. The second kappa shape index (κ2) is 7.93. The smallest absolute Gasteiger partial charge is 0.323 e. The molecule has 0 radical (unpaired) electrons. The Bertz CT molecular complexity index is 1070. The van der Waals surface area contributed by atoms with Crippen LogP contribution in [0.1, 0.15) is 13.3 Å². The molecule has 1 saturated heterocycles. The number of likely N-dealkylation sites (tertiary alicyclic amines) is 1. The fourth-order valence-electron chi connectivity index (χ4n) is 3.79. The van der Waals surface area contributed by atoms with Gasteiger partial charge in [0.25, 0.3) is 5.69 Å². The lowest BCUT2D eigenvalue weighted by Gasteiger charge is -2.42. The maximum atomic E-state index is 12.8. The monoisotopic (exact) mass is 410 g/mol. The van der Waals surface area contributed by atoms with Gasteiger partial charge in [-0.25, -0.2) is 19.7 Å². The third-order valence-electron chi connectivity index (χ3n) is 5.56. The highest BCUT2D eigenvalue weighted by Crippen LogP contribution is 2.28. The number of amides is 2. The highest BCUT2D eigenvalue weighted by atomic mass is 16.6. The van der Waals surface area contributed by atoms with Crippen molar-refractivity contribution in [2.75, 3.05) is 30.4 Å². The van der Waals surface area contributed by atoms with Gasteiger partial charge in [-0.1, -0.05) is 6.92 Å². The fourth-order valence-corrected chi connectivity index (χ4v) is 3.79. The van der Waals surface area contributed by atoms with Gasteiger partial charge in [-0.3, -0.25) is 15.4 Å². The Morgan fingerprint density at radius 3 is 2.90 bits per heavy atom. The van der Waals surface area contributed by atoms with Crippen LogP contribution in [-0.2, 0) is 0 Å². The topological polar surface area (TPSA) is 133 Å². The number of rotatable bonds is 4. The van der Waals surface area contributed by atoms with Crippen molar-refractivity contribution in [1.82, 2.24) is 24.8 Å². The number of fused-ring (bicyclic) bond motifs is 1. The third-order valence-corrected chi connectivity index (χ3v) is 5.56. The number of nitro groups is 1. The largest absolute Gasteiger partial charge is 0.354 e. The van der Waals surface area contributed by atoms with Crippen LogP contribution in [0.25, 0.3) is 11.0 Å². The van der Waals surface area contributed by atoms with Crippen LogP contribution in [0.15, 0.2) is 36.9 Å². The Labute approximate surface area is 172 Å². The van der Waals surface area contributed by atoms with Gasteiger partial charge in [0, 0.05) is 32.4 Å². The first-order chi connectivity index (χ1) is 14.4. The number of carbonyl (C=O) groups is 1. The number of likely N-dealkylation sites (N-methyl/N-ethyl adjacent to an activating group) is 1. The highest BCUT2D eigenvalue weighted by molar-refractivity contribution is 5.89. The van der Waals surface area contributed by atoms with E-state index in [0.717, 1.165) is 29.5 Å². The van der Waals surface area contributed by atoms with E-state index in [2.05, 4.69) is 37.1 Å². The molecule has 3 aromatic rings. The summed E-state index contributed by atoms with van der Waals surface area (Å²) in [7, 11) is 1.98. The van der Waals surface area contributed by atoms with E-state index in [-0.39, 0.29) is 23.6 Å². The summed E-state index contributed by atoms with van der Waals surface area (Å²) in [5.41, 5.74) is 0.650. The van der Waals surface area contributed by atoms with E-state index in [1.54, 1.807) is 4.90 Å². The van der Waals surface area contributed by atoms with Gasteiger partial charge >= 0.3 is 6.03 Å². The number of hydrogen-bond acceptors (Lipinski definition) is 7. The number of carbonyl (C=O) groups excluding carboxylic acids is 1. The lowest BCUT2D eigenvalue weighted by atomic mass is 9.92. The molecule has 11 heteroatoms. The minimum atomic E-state index is -0.528. The zero-order valence-corrected chi connectivity index (χ0v) is 16.6. The van der Waals surface area contributed by atoms with E-state index in [4.69, 9.17) is 0 Å². The van der Waals surface area contributed by atoms with E-state index in [0.29, 0.717) is 19.0 Å². The van der Waals surface area contributed by atoms with Crippen molar-refractivity contribution < 1.29 is 9.72 Å². The SMILES string of the molecule is CC1CCN(C(=O)Nc2ccc([N+](=O)[O-])cn2)CC1N(C)c1ncnc2[nH]ccc12. The molecule has 4 heterocycles. The van der Waals surface area contributed by atoms with Gasteiger partial charge in [0.15, 0.2) is 0 Å². The molecule has 2 N–H and O–H groups in total. The fraction of sp³-hybridized carbons (Fsp3) is 0.368.